The highest BCUT2D eigenvalue weighted by atomic mass is 16.7. The zero-order valence-corrected chi connectivity index (χ0v) is 49.0. The summed E-state index contributed by atoms with van der Waals surface area (Å²) in [6.07, 6.45) is 53.5. The molecule has 1 heterocycles. The highest BCUT2D eigenvalue weighted by Gasteiger charge is 2.50. The van der Waals surface area contributed by atoms with Gasteiger partial charge in [-0.1, -0.05) is 248 Å². The lowest BCUT2D eigenvalue weighted by Crippen LogP contribution is -2.61. The average molecular weight is 1090 g/mol. The van der Waals surface area contributed by atoms with Crippen LogP contribution in [0.5, 0.6) is 0 Å². The Hall–Kier alpha value is -3.58. The van der Waals surface area contributed by atoms with Crippen LogP contribution < -0.4 is 0 Å². The third kappa shape index (κ3) is 43.0. The second kappa shape index (κ2) is 53.1. The van der Waals surface area contributed by atoms with E-state index in [0.29, 0.717) is 25.7 Å². The van der Waals surface area contributed by atoms with Crippen LogP contribution in [-0.2, 0) is 42.9 Å². The van der Waals surface area contributed by atoms with Crippen molar-refractivity contribution in [3.05, 3.63) is 60.8 Å². The molecule has 1 rings (SSSR count). The quantitative estimate of drug-likeness (QED) is 0.0228. The smallest absolute Gasteiger partial charge is 0.335 e. The van der Waals surface area contributed by atoms with Gasteiger partial charge < -0.3 is 39.0 Å². The SMILES string of the molecule is CC/C=C\C/C=C\C/C=C\C/C=C\CCC(=O)OC1C(OCC(COC(=O)CCCCCCCCC/C=C\CCCCCCCC)OC(=O)CCCCCCCCCCCCCCCCCCC)OC(C(=O)O)C(O)C1O. The van der Waals surface area contributed by atoms with Crippen LogP contribution in [-0.4, -0.2) is 89.2 Å². The van der Waals surface area contributed by atoms with Crippen LogP contribution in [0, 0.1) is 0 Å². The number of unbranched alkanes of at least 4 members (excludes halogenated alkanes) is 29. The Kier molecular flexibility index (Phi) is 49.2. The second-order valence-electron chi connectivity index (χ2n) is 21.3. The Morgan fingerprint density at radius 2 is 0.844 bits per heavy atom. The third-order valence-electron chi connectivity index (χ3n) is 14.1. The van der Waals surface area contributed by atoms with E-state index in [4.69, 9.17) is 23.7 Å². The number of carboxylic acid groups (broad SMARTS) is 1. The van der Waals surface area contributed by atoms with Crippen LogP contribution in [0.3, 0.4) is 0 Å². The number of rotatable bonds is 53. The minimum atomic E-state index is -1.93. The number of carboxylic acids is 1. The number of aliphatic hydroxyl groups is 2. The Morgan fingerprint density at radius 3 is 1.30 bits per heavy atom. The van der Waals surface area contributed by atoms with Crippen molar-refractivity contribution in [3.63, 3.8) is 0 Å². The number of esters is 3. The van der Waals surface area contributed by atoms with Crippen LogP contribution in [0.15, 0.2) is 60.8 Å². The molecule has 6 unspecified atom stereocenters. The number of carbonyl (C=O) groups is 4. The molecule has 1 fully saturated rings. The predicted octanol–water partition coefficient (Wildman–Crippen LogP) is 16.3. The largest absolute Gasteiger partial charge is 0.479 e. The number of carbonyl (C=O) groups excluding carboxylic acids is 3. The number of allylic oxidation sites excluding steroid dienone is 10. The average Bonchev–Trinajstić information content (AvgIpc) is 3.42. The van der Waals surface area contributed by atoms with Crippen molar-refractivity contribution in [2.24, 2.45) is 0 Å². The van der Waals surface area contributed by atoms with Crippen molar-refractivity contribution >= 4 is 23.9 Å². The number of aliphatic carboxylic acids is 1. The summed E-state index contributed by atoms with van der Waals surface area (Å²) in [5.41, 5.74) is 0. The molecule has 0 aromatic heterocycles. The summed E-state index contributed by atoms with van der Waals surface area (Å²) in [6.45, 7) is 5.86. The molecule has 1 saturated heterocycles. The molecule has 0 aromatic carbocycles. The maximum absolute atomic E-state index is 13.2. The van der Waals surface area contributed by atoms with Gasteiger partial charge in [-0.3, -0.25) is 14.4 Å². The highest BCUT2D eigenvalue weighted by Crippen LogP contribution is 2.26. The first-order chi connectivity index (χ1) is 37.6. The molecular weight excluding hydrogens is 973 g/mol. The number of aliphatic hydroxyl groups excluding tert-OH is 2. The van der Waals surface area contributed by atoms with E-state index in [0.717, 1.165) is 64.2 Å². The summed E-state index contributed by atoms with van der Waals surface area (Å²) in [5.74, 6) is -3.21. The lowest BCUT2D eigenvalue weighted by atomic mass is 9.98. The minimum absolute atomic E-state index is 0.0600. The zero-order valence-electron chi connectivity index (χ0n) is 49.0. The van der Waals surface area contributed by atoms with E-state index in [1.807, 2.05) is 18.2 Å². The van der Waals surface area contributed by atoms with Gasteiger partial charge in [0, 0.05) is 19.3 Å². The lowest BCUT2D eigenvalue weighted by molar-refractivity contribution is -0.301. The van der Waals surface area contributed by atoms with Crippen LogP contribution >= 0.6 is 0 Å². The molecule has 3 N–H and O–H groups in total. The molecule has 0 bridgehead atoms. The van der Waals surface area contributed by atoms with Gasteiger partial charge in [0.2, 0.25) is 0 Å². The first-order valence-electron chi connectivity index (χ1n) is 31.3. The molecule has 1 aliphatic rings. The topological polar surface area (TPSA) is 175 Å². The van der Waals surface area contributed by atoms with E-state index in [9.17, 15) is 34.5 Å². The Morgan fingerprint density at radius 1 is 0.442 bits per heavy atom. The maximum atomic E-state index is 13.2. The number of hydrogen-bond donors (Lipinski definition) is 3. The summed E-state index contributed by atoms with van der Waals surface area (Å²) in [7, 11) is 0. The molecule has 444 valence electrons. The second-order valence-corrected chi connectivity index (χ2v) is 21.3. The summed E-state index contributed by atoms with van der Waals surface area (Å²) in [5, 5.41) is 31.5. The molecule has 1 aliphatic heterocycles. The normalized spacial score (nSPS) is 18.4. The Bertz CT molecular complexity index is 1570. The van der Waals surface area contributed by atoms with Crippen molar-refractivity contribution in [2.45, 2.75) is 314 Å². The van der Waals surface area contributed by atoms with Crippen molar-refractivity contribution in [1.29, 1.82) is 0 Å². The van der Waals surface area contributed by atoms with Crippen molar-refractivity contribution in [1.82, 2.24) is 0 Å². The maximum Gasteiger partial charge on any atom is 0.335 e. The molecule has 0 aliphatic carbocycles. The van der Waals surface area contributed by atoms with E-state index >= 15 is 0 Å². The molecule has 0 aromatic rings. The predicted molar refractivity (Wildman–Crippen MR) is 312 cm³/mol. The molecular formula is C65H112O12. The number of ether oxygens (including phenoxy) is 5. The van der Waals surface area contributed by atoms with Crippen molar-refractivity contribution in [3.8, 4) is 0 Å². The van der Waals surface area contributed by atoms with Gasteiger partial charge in [0.15, 0.2) is 24.6 Å². The fraction of sp³-hybridized carbons (Fsp3) is 0.785. The van der Waals surface area contributed by atoms with Crippen LogP contribution in [0.4, 0.5) is 0 Å². The molecule has 6 atom stereocenters. The fourth-order valence-electron chi connectivity index (χ4n) is 9.32. The van der Waals surface area contributed by atoms with Gasteiger partial charge in [-0.05, 0) is 70.6 Å². The standard InChI is InChI=1S/C65H112O12/c1-4-7-10-13-16-19-22-25-27-29-31-34-36-39-42-45-48-51-57(66)73-54-56(75-58(67)52-49-46-43-40-38-35-32-30-28-26-23-20-17-14-11-8-5-2)55-74-65-63(61(70)60(69)62(77-65)64(71)72)76-59(68)53-50-47-44-41-37-33-24-21-18-15-12-9-6-3/h9,12,18,21,25,27,33,37,44,47,56,60-63,65,69-70H,4-8,10-11,13-17,19-20,22-24,26,28-32,34-36,38-43,45-46,48-55H2,1-3H3,(H,71,72)/b12-9-,21-18-,27-25-,37-33-,47-44-. The van der Waals surface area contributed by atoms with E-state index in [1.165, 1.54) is 148 Å². The molecule has 0 saturated carbocycles. The zero-order chi connectivity index (χ0) is 56.1. The van der Waals surface area contributed by atoms with Crippen LogP contribution in [0.25, 0.3) is 0 Å². The molecule has 12 nitrogen and oxygen atoms in total. The van der Waals surface area contributed by atoms with Gasteiger partial charge in [-0.25, -0.2) is 4.79 Å². The van der Waals surface area contributed by atoms with E-state index in [1.54, 1.807) is 0 Å². The molecule has 77 heavy (non-hydrogen) atoms. The van der Waals surface area contributed by atoms with Crippen LogP contribution in [0.1, 0.15) is 278 Å². The summed E-state index contributed by atoms with van der Waals surface area (Å²) in [6, 6.07) is 0. The van der Waals surface area contributed by atoms with Gasteiger partial charge in [0.25, 0.3) is 0 Å². The lowest BCUT2D eigenvalue weighted by Gasteiger charge is -2.40. The Labute approximate surface area is 468 Å². The van der Waals surface area contributed by atoms with Crippen molar-refractivity contribution < 1.29 is 58.2 Å². The molecule has 0 spiro atoms. The van der Waals surface area contributed by atoms with Gasteiger partial charge >= 0.3 is 23.9 Å². The van der Waals surface area contributed by atoms with E-state index in [-0.39, 0.29) is 25.9 Å². The Balaban J connectivity index is 2.69. The molecule has 0 amide bonds. The number of hydrogen-bond acceptors (Lipinski definition) is 11. The summed E-state index contributed by atoms with van der Waals surface area (Å²) >= 11 is 0. The summed E-state index contributed by atoms with van der Waals surface area (Å²) < 4.78 is 28.4. The van der Waals surface area contributed by atoms with E-state index in [2.05, 4.69) is 63.3 Å². The van der Waals surface area contributed by atoms with Crippen LogP contribution in [0.2, 0.25) is 0 Å². The highest BCUT2D eigenvalue weighted by molar-refractivity contribution is 5.74. The van der Waals surface area contributed by atoms with Gasteiger partial charge in [0.05, 0.1) is 6.61 Å². The fourth-order valence-corrected chi connectivity index (χ4v) is 9.32. The first-order valence-corrected chi connectivity index (χ1v) is 31.3. The van der Waals surface area contributed by atoms with Gasteiger partial charge in [-0.2, -0.15) is 0 Å². The van der Waals surface area contributed by atoms with Gasteiger partial charge in [0.1, 0.15) is 18.8 Å². The third-order valence-corrected chi connectivity index (χ3v) is 14.1. The molecule has 0 radical (unpaired) electrons. The minimum Gasteiger partial charge on any atom is -0.479 e. The first kappa shape index (κ1) is 71.4. The van der Waals surface area contributed by atoms with Gasteiger partial charge in [-0.15, -0.1) is 0 Å². The van der Waals surface area contributed by atoms with Crippen molar-refractivity contribution in [2.75, 3.05) is 13.2 Å². The monoisotopic (exact) mass is 1080 g/mol. The van der Waals surface area contributed by atoms with E-state index < -0.39 is 67.3 Å². The summed E-state index contributed by atoms with van der Waals surface area (Å²) in [4.78, 5) is 51.2. The molecule has 12 heteroatoms.